The molecular formula is C17H28O3. The summed E-state index contributed by atoms with van der Waals surface area (Å²) < 4.78 is 0. The Morgan fingerprint density at radius 2 is 1.00 bits per heavy atom. The summed E-state index contributed by atoms with van der Waals surface area (Å²) in [5, 5.41) is 0. The third kappa shape index (κ3) is 2.87. The summed E-state index contributed by atoms with van der Waals surface area (Å²) in [4.78, 5) is 38.1. The van der Waals surface area contributed by atoms with Gasteiger partial charge in [-0.2, -0.15) is 0 Å². The minimum absolute atomic E-state index is 0.0576. The monoisotopic (exact) mass is 280 g/mol. The fraction of sp³-hybridized carbons (Fsp3) is 0.824. The van der Waals surface area contributed by atoms with Crippen LogP contribution >= 0.6 is 0 Å². The lowest BCUT2D eigenvalue weighted by Gasteiger charge is -2.43. The first-order chi connectivity index (χ1) is 8.80. The van der Waals surface area contributed by atoms with E-state index in [0.29, 0.717) is 0 Å². The van der Waals surface area contributed by atoms with Gasteiger partial charge in [0, 0.05) is 0 Å². The van der Waals surface area contributed by atoms with E-state index in [2.05, 4.69) is 0 Å². The highest BCUT2D eigenvalue weighted by Gasteiger charge is 2.56. The molecule has 0 aliphatic heterocycles. The molecule has 1 saturated carbocycles. The van der Waals surface area contributed by atoms with Gasteiger partial charge in [-0.1, -0.05) is 55.4 Å². The number of hydrogen-bond acceptors (Lipinski definition) is 3. The van der Waals surface area contributed by atoms with Crippen LogP contribution in [0.15, 0.2) is 0 Å². The van der Waals surface area contributed by atoms with Crippen LogP contribution in [0.4, 0.5) is 0 Å². The second-order valence-corrected chi connectivity index (χ2v) is 8.53. The molecule has 0 aromatic carbocycles. The third-order valence-electron chi connectivity index (χ3n) is 4.15. The summed E-state index contributed by atoms with van der Waals surface area (Å²) in [5.41, 5.74) is -0.878. The average Bonchev–Trinajstić information content (AvgIpc) is 2.09. The molecule has 1 aliphatic carbocycles. The second kappa shape index (κ2) is 5.09. The van der Waals surface area contributed by atoms with Crippen molar-refractivity contribution in [2.45, 2.75) is 55.4 Å². The highest BCUT2D eigenvalue weighted by atomic mass is 16.2. The number of carbonyl (C=O) groups is 3. The van der Waals surface area contributed by atoms with Crippen molar-refractivity contribution in [2.75, 3.05) is 0 Å². The minimum Gasteiger partial charge on any atom is -0.298 e. The van der Waals surface area contributed by atoms with Gasteiger partial charge >= 0.3 is 0 Å². The van der Waals surface area contributed by atoms with E-state index < -0.39 is 28.6 Å². The zero-order chi connectivity index (χ0) is 16.0. The zero-order valence-electron chi connectivity index (χ0n) is 14.0. The fourth-order valence-corrected chi connectivity index (χ4v) is 3.31. The minimum atomic E-state index is -0.670. The Balaban J connectivity index is 3.41. The molecule has 0 saturated heterocycles. The number of carbonyl (C=O) groups excluding carboxylic acids is 3. The standard InChI is InChI=1S/C17H28O3/c1-9(2)10-13(18)11(16(3,4)5)15(20)12(14(10)19)17(6,7)8/h9-12H,1-8H3. The van der Waals surface area contributed by atoms with Crippen LogP contribution in [0.2, 0.25) is 0 Å². The van der Waals surface area contributed by atoms with E-state index in [1.807, 2.05) is 55.4 Å². The maximum absolute atomic E-state index is 12.8. The first-order valence-corrected chi connectivity index (χ1v) is 7.41. The van der Waals surface area contributed by atoms with Gasteiger partial charge < -0.3 is 0 Å². The molecule has 0 radical (unpaired) electrons. The van der Waals surface area contributed by atoms with Crippen LogP contribution in [0.5, 0.6) is 0 Å². The molecule has 20 heavy (non-hydrogen) atoms. The van der Waals surface area contributed by atoms with Crippen LogP contribution in [0.1, 0.15) is 55.4 Å². The van der Waals surface area contributed by atoms with Gasteiger partial charge in [0.15, 0.2) is 17.3 Å². The molecule has 114 valence electrons. The first-order valence-electron chi connectivity index (χ1n) is 7.41. The third-order valence-corrected chi connectivity index (χ3v) is 4.15. The van der Waals surface area contributed by atoms with Crippen LogP contribution < -0.4 is 0 Å². The molecule has 1 rings (SSSR count). The van der Waals surface area contributed by atoms with Crippen molar-refractivity contribution >= 4 is 17.3 Å². The van der Waals surface area contributed by atoms with E-state index in [1.54, 1.807) is 0 Å². The van der Waals surface area contributed by atoms with E-state index in [9.17, 15) is 14.4 Å². The fourth-order valence-electron chi connectivity index (χ4n) is 3.31. The molecule has 2 unspecified atom stereocenters. The molecule has 1 fully saturated rings. The lowest BCUT2D eigenvalue weighted by atomic mass is 9.57. The summed E-state index contributed by atoms with van der Waals surface area (Å²) in [7, 11) is 0. The van der Waals surface area contributed by atoms with Crippen LogP contribution in [-0.4, -0.2) is 17.3 Å². The largest absolute Gasteiger partial charge is 0.298 e. The molecule has 2 atom stereocenters. The molecule has 3 heteroatoms. The van der Waals surface area contributed by atoms with Crippen LogP contribution in [0.25, 0.3) is 0 Å². The van der Waals surface area contributed by atoms with E-state index in [4.69, 9.17) is 0 Å². The van der Waals surface area contributed by atoms with Crippen LogP contribution in [-0.2, 0) is 14.4 Å². The molecule has 1 aliphatic rings. The van der Waals surface area contributed by atoms with Gasteiger partial charge in [0.2, 0.25) is 0 Å². The molecule has 0 heterocycles. The van der Waals surface area contributed by atoms with Crippen molar-refractivity contribution in [3.05, 3.63) is 0 Å². The predicted octanol–water partition coefficient (Wildman–Crippen LogP) is 3.30. The topological polar surface area (TPSA) is 51.2 Å². The normalized spacial score (nSPS) is 29.2. The second-order valence-electron chi connectivity index (χ2n) is 8.53. The zero-order valence-corrected chi connectivity index (χ0v) is 14.0. The number of rotatable bonds is 1. The van der Waals surface area contributed by atoms with Gasteiger partial charge in [-0.3, -0.25) is 14.4 Å². The van der Waals surface area contributed by atoms with E-state index in [1.165, 1.54) is 0 Å². The van der Waals surface area contributed by atoms with Gasteiger partial charge in [-0.15, -0.1) is 0 Å². The van der Waals surface area contributed by atoms with Crippen molar-refractivity contribution in [3.63, 3.8) is 0 Å². The Bertz CT molecular complexity index is 396. The summed E-state index contributed by atoms with van der Waals surface area (Å²) in [5.74, 6) is -2.57. The van der Waals surface area contributed by atoms with Crippen molar-refractivity contribution < 1.29 is 14.4 Å². The summed E-state index contributed by atoms with van der Waals surface area (Å²) in [6.07, 6.45) is 0. The smallest absolute Gasteiger partial charge is 0.154 e. The maximum Gasteiger partial charge on any atom is 0.154 e. The molecule has 0 spiro atoms. The van der Waals surface area contributed by atoms with Crippen molar-refractivity contribution in [3.8, 4) is 0 Å². The van der Waals surface area contributed by atoms with Crippen LogP contribution in [0, 0.1) is 34.5 Å². The lowest BCUT2D eigenvalue weighted by Crippen LogP contribution is -2.56. The van der Waals surface area contributed by atoms with Gasteiger partial charge in [0.1, 0.15) is 0 Å². The first kappa shape index (κ1) is 17.1. The Labute approximate surface area is 122 Å². The molecule has 3 nitrogen and oxygen atoms in total. The summed E-state index contributed by atoms with van der Waals surface area (Å²) >= 11 is 0. The molecular weight excluding hydrogens is 252 g/mol. The van der Waals surface area contributed by atoms with Gasteiger partial charge in [-0.25, -0.2) is 0 Å². The molecule has 0 N–H and O–H groups in total. The Morgan fingerprint density at radius 1 is 0.700 bits per heavy atom. The average molecular weight is 280 g/mol. The Morgan fingerprint density at radius 3 is 1.20 bits per heavy atom. The van der Waals surface area contributed by atoms with Crippen LogP contribution in [0.3, 0.4) is 0 Å². The number of Topliss-reactive ketones (excluding diaryl/α,β-unsaturated/α-hetero) is 3. The SMILES string of the molecule is CC(C)C1C(=O)C(C(C)(C)C)C(=O)C(C(C)(C)C)C1=O. The molecule has 0 aromatic heterocycles. The van der Waals surface area contributed by atoms with Gasteiger partial charge in [0.05, 0.1) is 17.8 Å². The Kier molecular flexibility index (Phi) is 4.34. The maximum atomic E-state index is 12.8. The van der Waals surface area contributed by atoms with Gasteiger partial charge in [-0.05, 0) is 16.7 Å². The van der Waals surface area contributed by atoms with Crippen molar-refractivity contribution in [1.82, 2.24) is 0 Å². The molecule has 0 amide bonds. The molecule has 0 aromatic rings. The van der Waals surface area contributed by atoms with E-state index in [-0.39, 0.29) is 23.3 Å². The highest BCUT2D eigenvalue weighted by molar-refractivity contribution is 6.24. The summed E-state index contributed by atoms with van der Waals surface area (Å²) in [6, 6.07) is 0. The van der Waals surface area contributed by atoms with Gasteiger partial charge in [0.25, 0.3) is 0 Å². The molecule has 0 bridgehead atoms. The van der Waals surface area contributed by atoms with Crippen molar-refractivity contribution in [2.24, 2.45) is 34.5 Å². The number of hydrogen-bond donors (Lipinski definition) is 0. The van der Waals surface area contributed by atoms with Crippen molar-refractivity contribution in [1.29, 1.82) is 0 Å². The van der Waals surface area contributed by atoms with E-state index in [0.717, 1.165) is 0 Å². The highest BCUT2D eigenvalue weighted by Crippen LogP contribution is 2.44. The quantitative estimate of drug-likeness (QED) is 0.692. The number of ketones is 3. The predicted molar refractivity (Wildman–Crippen MR) is 79.2 cm³/mol. The van der Waals surface area contributed by atoms with E-state index >= 15 is 0 Å². The Hall–Kier alpha value is -0.990. The summed E-state index contributed by atoms with van der Waals surface area (Å²) in [6.45, 7) is 15.2. The lowest BCUT2D eigenvalue weighted by molar-refractivity contribution is -0.158.